The van der Waals surface area contributed by atoms with Crippen molar-refractivity contribution in [1.29, 1.82) is 0 Å². The fourth-order valence-corrected chi connectivity index (χ4v) is 3.05. The van der Waals surface area contributed by atoms with Gasteiger partial charge in [0, 0.05) is 30.6 Å². The summed E-state index contributed by atoms with van der Waals surface area (Å²) >= 11 is 0. The lowest BCUT2D eigenvalue weighted by Crippen LogP contribution is -2.34. The number of para-hydroxylation sites is 1. The van der Waals surface area contributed by atoms with Crippen LogP contribution in [0.15, 0.2) is 59.5 Å². The fourth-order valence-electron chi connectivity index (χ4n) is 3.05. The molecule has 3 heterocycles. The van der Waals surface area contributed by atoms with E-state index in [2.05, 4.69) is 9.97 Å². The maximum atomic E-state index is 12.5. The molecule has 0 radical (unpaired) electrons. The van der Waals surface area contributed by atoms with E-state index in [1.54, 1.807) is 17.0 Å². The second-order valence-electron chi connectivity index (χ2n) is 6.03. The van der Waals surface area contributed by atoms with Crippen molar-refractivity contribution in [3.05, 3.63) is 70.6 Å². The van der Waals surface area contributed by atoms with Gasteiger partial charge in [-0.05, 0) is 24.3 Å². The summed E-state index contributed by atoms with van der Waals surface area (Å²) in [7, 11) is 0. The van der Waals surface area contributed by atoms with Crippen molar-refractivity contribution in [3.63, 3.8) is 0 Å². The van der Waals surface area contributed by atoms with E-state index in [9.17, 15) is 9.59 Å². The van der Waals surface area contributed by atoms with Crippen molar-refractivity contribution in [1.82, 2.24) is 14.9 Å². The van der Waals surface area contributed by atoms with E-state index in [0.717, 1.165) is 10.9 Å². The Labute approximate surface area is 144 Å². The molecule has 0 saturated carbocycles. The minimum atomic E-state index is -0.368. The number of aromatic amines is 1. The Kier molecular flexibility index (Phi) is 3.93. The maximum absolute atomic E-state index is 12.5. The summed E-state index contributed by atoms with van der Waals surface area (Å²) in [6, 6.07) is 14.8. The monoisotopic (exact) mass is 335 g/mol. The van der Waals surface area contributed by atoms with Crippen molar-refractivity contribution in [2.45, 2.75) is 12.5 Å². The predicted octanol–water partition coefficient (Wildman–Crippen LogP) is 2.22. The van der Waals surface area contributed by atoms with Crippen LogP contribution in [-0.4, -0.2) is 40.0 Å². The summed E-state index contributed by atoms with van der Waals surface area (Å²) in [5, 5.41) is 1.06. The number of H-pyrrole nitrogens is 1. The van der Waals surface area contributed by atoms with E-state index in [4.69, 9.17) is 4.74 Å². The number of nitrogens with zero attached hydrogens (tertiary/aromatic N) is 2. The maximum Gasteiger partial charge on any atom is 0.260 e. The lowest BCUT2D eigenvalue weighted by atomic mass is 10.2. The molecule has 3 aromatic rings. The third-order valence-electron chi connectivity index (χ3n) is 4.34. The molecule has 2 aromatic heterocycles. The van der Waals surface area contributed by atoms with Crippen LogP contribution in [0.25, 0.3) is 10.9 Å². The topological polar surface area (TPSA) is 75.3 Å². The van der Waals surface area contributed by atoms with Crippen molar-refractivity contribution >= 4 is 16.8 Å². The number of fused-ring (bicyclic) bond motifs is 1. The molecule has 1 aromatic carbocycles. The first-order valence-electron chi connectivity index (χ1n) is 8.20. The SMILES string of the molecule is O=C(c1ccc[nH]c1=O)N1CCC(Oc2ccc3ccccc3n2)C1. The molecule has 0 aliphatic carbocycles. The molecule has 1 amide bonds. The van der Waals surface area contributed by atoms with E-state index >= 15 is 0 Å². The highest BCUT2D eigenvalue weighted by Gasteiger charge is 2.29. The van der Waals surface area contributed by atoms with Crippen LogP contribution < -0.4 is 10.3 Å². The molecule has 1 N–H and O–H groups in total. The van der Waals surface area contributed by atoms with Crippen molar-refractivity contribution in [2.75, 3.05) is 13.1 Å². The zero-order chi connectivity index (χ0) is 17.2. The van der Waals surface area contributed by atoms with Crippen LogP contribution in [0.1, 0.15) is 16.8 Å². The molecule has 6 heteroatoms. The number of likely N-dealkylation sites (tertiary alicyclic amines) is 1. The Morgan fingerprint density at radius 2 is 2.04 bits per heavy atom. The van der Waals surface area contributed by atoms with Crippen LogP contribution in [0.5, 0.6) is 5.88 Å². The Morgan fingerprint density at radius 3 is 2.92 bits per heavy atom. The van der Waals surface area contributed by atoms with Gasteiger partial charge in [0.2, 0.25) is 5.88 Å². The largest absolute Gasteiger partial charge is 0.472 e. The van der Waals surface area contributed by atoms with Crippen LogP contribution >= 0.6 is 0 Å². The second kappa shape index (κ2) is 6.39. The number of benzene rings is 1. The molecule has 1 saturated heterocycles. The molecule has 1 aliphatic rings. The van der Waals surface area contributed by atoms with Gasteiger partial charge in [0.25, 0.3) is 11.5 Å². The van der Waals surface area contributed by atoms with Crippen LogP contribution in [-0.2, 0) is 0 Å². The summed E-state index contributed by atoms with van der Waals surface area (Å²) in [5.41, 5.74) is 0.668. The summed E-state index contributed by atoms with van der Waals surface area (Å²) in [6.45, 7) is 1.01. The summed E-state index contributed by atoms with van der Waals surface area (Å²) in [6.07, 6.45) is 2.10. The van der Waals surface area contributed by atoms with E-state index < -0.39 is 0 Å². The summed E-state index contributed by atoms with van der Waals surface area (Å²) < 4.78 is 5.94. The summed E-state index contributed by atoms with van der Waals surface area (Å²) in [5.74, 6) is 0.287. The number of rotatable bonds is 3. The average molecular weight is 335 g/mol. The molecule has 126 valence electrons. The van der Waals surface area contributed by atoms with Crippen molar-refractivity contribution < 1.29 is 9.53 Å². The van der Waals surface area contributed by atoms with Crippen LogP contribution in [0.4, 0.5) is 0 Å². The van der Waals surface area contributed by atoms with Crippen LogP contribution in [0.3, 0.4) is 0 Å². The number of hydrogen-bond acceptors (Lipinski definition) is 4. The smallest absolute Gasteiger partial charge is 0.260 e. The van der Waals surface area contributed by atoms with Gasteiger partial charge in [-0.2, -0.15) is 0 Å². The molecular weight excluding hydrogens is 318 g/mol. The van der Waals surface area contributed by atoms with E-state index in [0.29, 0.717) is 25.4 Å². The summed E-state index contributed by atoms with van der Waals surface area (Å²) in [4.78, 5) is 32.9. The molecule has 1 aliphatic heterocycles. The van der Waals surface area contributed by atoms with Gasteiger partial charge in [-0.15, -0.1) is 0 Å². The lowest BCUT2D eigenvalue weighted by Gasteiger charge is -2.16. The molecular formula is C19H17N3O3. The molecule has 1 unspecified atom stereocenters. The van der Waals surface area contributed by atoms with Crippen LogP contribution in [0, 0.1) is 0 Å². The first-order valence-corrected chi connectivity index (χ1v) is 8.20. The minimum Gasteiger partial charge on any atom is -0.472 e. The Balaban J connectivity index is 1.46. The number of amides is 1. The normalized spacial score (nSPS) is 17.0. The number of pyridine rings is 2. The Bertz CT molecular complexity index is 983. The van der Waals surface area contributed by atoms with Gasteiger partial charge in [0.05, 0.1) is 12.1 Å². The number of carbonyl (C=O) groups excluding carboxylic acids is 1. The van der Waals surface area contributed by atoms with Crippen molar-refractivity contribution in [3.8, 4) is 5.88 Å². The Morgan fingerprint density at radius 1 is 1.16 bits per heavy atom. The van der Waals surface area contributed by atoms with Gasteiger partial charge in [-0.3, -0.25) is 9.59 Å². The molecule has 4 rings (SSSR count). The number of carbonyl (C=O) groups is 1. The lowest BCUT2D eigenvalue weighted by molar-refractivity contribution is 0.0769. The average Bonchev–Trinajstić information content (AvgIpc) is 3.10. The number of hydrogen-bond donors (Lipinski definition) is 1. The second-order valence-corrected chi connectivity index (χ2v) is 6.03. The third kappa shape index (κ3) is 3.10. The molecule has 1 fully saturated rings. The van der Waals surface area contributed by atoms with Gasteiger partial charge >= 0.3 is 0 Å². The highest BCUT2D eigenvalue weighted by Crippen LogP contribution is 2.21. The third-order valence-corrected chi connectivity index (χ3v) is 4.34. The van der Waals surface area contributed by atoms with Gasteiger partial charge in [-0.25, -0.2) is 4.98 Å². The number of aromatic nitrogens is 2. The van der Waals surface area contributed by atoms with E-state index in [1.807, 2.05) is 36.4 Å². The quantitative estimate of drug-likeness (QED) is 0.796. The first-order chi connectivity index (χ1) is 12.2. The van der Waals surface area contributed by atoms with Gasteiger partial charge in [0.1, 0.15) is 11.7 Å². The predicted molar refractivity (Wildman–Crippen MR) is 93.7 cm³/mol. The highest BCUT2D eigenvalue weighted by molar-refractivity contribution is 5.94. The van der Waals surface area contributed by atoms with Gasteiger partial charge in [0.15, 0.2) is 0 Å². The zero-order valence-electron chi connectivity index (χ0n) is 13.5. The highest BCUT2D eigenvalue weighted by atomic mass is 16.5. The van der Waals surface area contributed by atoms with E-state index in [-0.39, 0.29) is 23.1 Å². The first kappa shape index (κ1) is 15.4. The molecule has 25 heavy (non-hydrogen) atoms. The molecule has 0 bridgehead atoms. The van der Waals surface area contributed by atoms with Gasteiger partial charge < -0.3 is 14.6 Å². The van der Waals surface area contributed by atoms with Gasteiger partial charge in [-0.1, -0.05) is 18.2 Å². The fraction of sp³-hybridized carbons (Fsp3) is 0.211. The molecule has 0 spiro atoms. The van der Waals surface area contributed by atoms with Crippen molar-refractivity contribution in [2.24, 2.45) is 0 Å². The van der Waals surface area contributed by atoms with E-state index in [1.165, 1.54) is 6.20 Å². The Hall–Kier alpha value is -3.15. The molecule has 1 atom stereocenters. The van der Waals surface area contributed by atoms with Crippen LogP contribution in [0.2, 0.25) is 0 Å². The standard InChI is InChI=1S/C19H17N3O3/c23-18-15(5-3-10-20-18)19(24)22-11-9-14(12-22)25-17-8-7-13-4-1-2-6-16(13)21-17/h1-8,10,14H,9,11-12H2,(H,20,23). The molecule has 6 nitrogen and oxygen atoms in total. The zero-order valence-corrected chi connectivity index (χ0v) is 13.5. The number of ether oxygens (including phenoxy) is 1. The minimum absolute atomic E-state index is 0.125. The number of nitrogens with one attached hydrogen (secondary N) is 1.